The topological polar surface area (TPSA) is 223 Å². The van der Waals surface area contributed by atoms with Crippen molar-refractivity contribution in [2.45, 2.75) is 81.5 Å². The number of benzene rings is 1. The Hall–Kier alpha value is -4.43. The van der Waals surface area contributed by atoms with Gasteiger partial charge < -0.3 is 51.0 Å². The van der Waals surface area contributed by atoms with Gasteiger partial charge in [-0.15, -0.1) is 0 Å². The van der Waals surface area contributed by atoms with Crippen LogP contribution in [0.1, 0.15) is 56.6 Å². The van der Waals surface area contributed by atoms with Crippen molar-refractivity contribution in [2.24, 2.45) is 16.6 Å². The van der Waals surface area contributed by atoms with Crippen molar-refractivity contribution in [3.63, 3.8) is 0 Å². The number of hydrogen-bond donors (Lipinski definition) is 6. The molecule has 51 heavy (non-hydrogen) atoms. The first-order valence-corrected chi connectivity index (χ1v) is 18.7. The molecule has 1 fully saturated rings. The molecule has 2 unspecified atom stereocenters. The van der Waals surface area contributed by atoms with Gasteiger partial charge in [-0.3, -0.25) is 24.2 Å². The van der Waals surface area contributed by atoms with E-state index >= 15 is 0 Å². The SMILES string of the molecule is COc1ccc2c3c1O[C@H]1C(OC(=O)C(CCC(=O)O)NC(=O)CNC(=O)[C@H](CCCN=C(N)NPC)NC(C)=O)=CC[C@H]4[C@@H](C2)N(C)CC[C@]314. The van der Waals surface area contributed by atoms with Gasteiger partial charge in [0.25, 0.3) is 0 Å². The molecule has 4 aliphatic rings. The number of carboxylic acids is 1. The second-order valence-electron chi connectivity index (χ2n) is 13.3. The molecule has 2 aliphatic heterocycles. The van der Waals surface area contributed by atoms with Crippen LogP contribution in [0.5, 0.6) is 11.5 Å². The fourth-order valence-corrected chi connectivity index (χ4v) is 8.32. The van der Waals surface area contributed by atoms with E-state index in [2.05, 4.69) is 44.0 Å². The minimum Gasteiger partial charge on any atom is -0.493 e. The van der Waals surface area contributed by atoms with Gasteiger partial charge in [0.05, 0.1) is 13.7 Å². The Kier molecular flexibility index (Phi) is 12.1. The number of methoxy groups -OCH3 is 1. The third kappa shape index (κ3) is 8.06. The zero-order valence-electron chi connectivity index (χ0n) is 29.4. The highest BCUT2D eigenvalue weighted by molar-refractivity contribution is 7.35. The smallest absolute Gasteiger partial charge is 0.333 e. The minimum absolute atomic E-state index is 0.223. The van der Waals surface area contributed by atoms with E-state index in [4.69, 9.17) is 19.9 Å². The highest BCUT2D eigenvalue weighted by Gasteiger charge is 2.65. The predicted molar refractivity (Wildman–Crippen MR) is 189 cm³/mol. The van der Waals surface area contributed by atoms with Crippen molar-refractivity contribution < 1.29 is 43.3 Å². The van der Waals surface area contributed by atoms with E-state index in [1.807, 2.05) is 18.8 Å². The molecule has 7 atom stereocenters. The van der Waals surface area contributed by atoms with Crippen LogP contribution in [0, 0.1) is 5.92 Å². The summed E-state index contributed by atoms with van der Waals surface area (Å²) in [5.74, 6) is -1.66. The third-order valence-corrected chi connectivity index (χ3v) is 10.7. The molecule has 1 spiro atoms. The monoisotopic (exact) mass is 729 g/mol. The molecule has 3 amide bonds. The number of carbonyl (C=O) groups is 5. The number of likely N-dealkylation sites (N-methyl/N-ethyl adjacent to an activating group) is 1. The average Bonchev–Trinajstić information content (AvgIpc) is 3.44. The summed E-state index contributed by atoms with van der Waals surface area (Å²) in [6.45, 7) is 3.82. The van der Waals surface area contributed by atoms with Crippen molar-refractivity contribution in [1.29, 1.82) is 0 Å². The molecule has 1 aromatic carbocycles. The maximum Gasteiger partial charge on any atom is 0.333 e. The number of hydrogen-bond acceptors (Lipinski definition) is 10. The van der Waals surface area contributed by atoms with Crippen molar-refractivity contribution in [3.05, 3.63) is 35.1 Å². The van der Waals surface area contributed by atoms with E-state index < -0.39 is 66.2 Å². The Bertz CT molecular complexity index is 1600. The summed E-state index contributed by atoms with van der Waals surface area (Å²) in [5.41, 5.74) is 7.60. The van der Waals surface area contributed by atoms with Crippen LogP contribution in [0.3, 0.4) is 0 Å². The molecule has 0 aromatic heterocycles. The number of likely N-dealkylation sites (tertiary alicyclic amines) is 1. The molecule has 17 heteroatoms. The van der Waals surface area contributed by atoms with Gasteiger partial charge in [0, 0.05) is 36.9 Å². The number of rotatable bonds is 16. The number of carbonyl (C=O) groups excluding carboxylic acids is 4. The van der Waals surface area contributed by atoms with Crippen LogP contribution in [0.15, 0.2) is 29.0 Å². The van der Waals surface area contributed by atoms with Gasteiger partial charge in [-0.1, -0.05) is 6.07 Å². The van der Waals surface area contributed by atoms with Gasteiger partial charge >= 0.3 is 11.9 Å². The molecule has 16 nitrogen and oxygen atoms in total. The zero-order chi connectivity index (χ0) is 36.9. The molecular weight excluding hydrogens is 681 g/mol. The molecular formula is C34H48N7O9P. The number of nitrogens with two attached hydrogens (primary N) is 1. The van der Waals surface area contributed by atoms with Crippen LogP contribution < -0.4 is 36.2 Å². The first kappa shape index (κ1) is 37.8. The Labute approximate surface area is 298 Å². The number of nitrogens with one attached hydrogen (secondary N) is 4. The third-order valence-electron chi connectivity index (χ3n) is 10.2. The molecule has 1 saturated heterocycles. The quantitative estimate of drug-likeness (QED) is 0.0444. The maximum absolute atomic E-state index is 13.7. The van der Waals surface area contributed by atoms with E-state index in [0.29, 0.717) is 45.4 Å². The number of piperidine rings is 1. The Morgan fingerprint density at radius 3 is 2.69 bits per heavy atom. The van der Waals surface area contributed by atoms with Crippen LogP contribution in [-0.4, -0.2) is 110 Å². The van der Waals surface area contributed by atoms with Gasteiger partial charge in [0.15, 0.2) is 23.6 Å². The lowest BCUT2D eigenvalue weighted by molar-refractivity contribution is -0.147. The van der Waals surface area contributed by atoms with Gasteiger partial charge in [-0.05, 0) is 91.1 Å². The van der Waals surface area contributed by atoms with Crippen LogP contribution in [-0.2, 0) is 40.5 Å². The number of carboxylic acid groups (broad SMARTS) is 1. The molecule has 2 aliphatic carbocycles. The number of aliphatic carboxylic acids is 1. The molecule has 2 bridgehead atoms. The Morgan fingerprint density at radius 1 is 1.20 bits per heavy atom. The van der Waals surface area contributed by atoms with Gasteiger partial charge in [0.2, 0.25) is 17.7 Å². The summed E-state index contributed by atoms with van der Waals surface area (Å²) in [6.07, 6.45) is 3.60. The fourth-order valence-electron chi connectivity index (χ4n) is 7.98. The zero-order valence-corrected chi connectivity index (χ0v) is 30.4. The summed E-state index contributed by atoms with van der Waals surface area (Å²) >= 11 is 0. The average molecular weight is 730 g/mol. The van der Waals surface area contributed by atoms with Gasteiger partial charge in [0.1, 0.15) is 17.8 Å². The normalized spacial score (nSPS) is 24.4. The van der Waals surface area contributed by atoms with Crippen LogP contribution in [0.2, 0.25) is 0 Å². The minimum atomic E-state index is -1.32. The van der Waals surface area contributed by atoms with Crippen molar-refractivity contribution in [1.82, 2.24) is 25.9 Å². The molecule has 5 rings (SSSR count). The molecule has 278 valence electrons. The number of amides is 3. The fraction of sp³-hybridized carbons (Fsp3) is 0.588. The largest absolute Gasteiger partial charge is 0.493 e. The highest BCUT2D eigenvalue weighted by Crippen LogP contribution is 2.63. The van der Waals surface area contributed by atoms with E-state index in [-0.39, 0.29) is 30.8 Å². The maximum atomic E-state index is 13.7. The molecule has 1 aromatic rings. The summed E-state index contributed by atoms with van der Waals surface area (Å²) in [4.78, 5) is 69.5. The molecule has 7 N–H and O–H groups in total. The second kappa shape index (κ2) is 16.3. The lowest BCUT2D eigenvalue weighted by Gasteiger charge is -2.56. The second-order valence-corrected chi connectivity index (χ2v) is 14.1. The van der Waals surface area contributed by atoms with Crippen LogP contribution >= 0.6 is 8.73 Å². The Morgan fingerprint density at radius 2 is 1.98 bits per heavy atom. The number of nitrogens with zero attached hydrogens (tertiary/aromatic N) is 2. The highest BCUT2D eigenvalue weighted by atomic mass is 31.1. The van der Waals surface area contributed by atoms with Crippen LogP contribution in [0.4, 0.5) is 0 Å². The lowest BCUT2D eigenvalue weighted by Crippen LogP contribution is -2.63. The predicted octanol–water partition coefficient (Wildman–Crippen LogP) is 0.280. The first-order chi connectivity index (χ1) is 24.4. The van der Waals surface area contributed by atoms with E-state index in [1.165, 1.54) is 12.5 Å². The first-order valence-electron chi connectivity index (χ1n) is 17.2. The molecule has 0 radical (unpaired) electrons. The number of ether oxygens (including phenoxy) is 3. The van der Waals surface area contributed by atoms with Gasteiger partial charge in [-0.2, -0.15) is 0 Å². The van der Waals surface area contributed by atoms with E-state index in [0.717, 1.165) is 24.9 Å². The number of allylic oxidation sites excluding steroid dienone is 1. The lowest BCUT2D eigenvalue weighted by atomic mass is 9.53. The van der Waals surface area contributed by atoms with Gasteiger partial charge in [-0.25, -0.2) is 4.79 Å². The summed E-state index contributed by atoms with van der Waals surface area (Å²) in [6, 6.07) is 2.02. The van der Waals surface area contributed by atoms with Crippen molar-refractivity contribution in [2.75, 3.05) is 40.5 Å². The number of esters is 1. The summed E-state index contributed by atoms with van der Waals surface area (Å²) in [7, 11) is 4.11. The standard InChI is InChI=1S/C34H48N7O9P/c1-18(42)38-21(6-5-14-36-33(35)40-51-4)31(46)37-17-26(43)39-22(9-12-27(44)45)32(47)49-25-11-8-20-23-16-19-7-10-24(48-3)29-28(19)34(20,30(25)50-29)13-15-41(23)2/h7,10-11,20-23,30,51H,5-6,8-9,12-17H2,1-4H3,(H,37,46)(H,38,42)(H,39,43)(H,44,45)(H3,35,36,40)/t20-,21-,22?,23+,30-,34-/m0/s1. The number of guanidine groups is 1. The van der Waals surface area contributed by atoms with E-state index in [9.17, 15) is 29.1 Å². The van der Waals surface area contributed by atoms with Crippen LogP contribution in [0.25, 0.3) is 0 Å². The number of aliphatic imine (C=N–C) groups is 1. The molecule has 2 heterocycles. The van der Waals surface area contributed by atoms with E-state index in [1.54, 1.807) is 7.11 Å². The Balaban J connectivity index is 1.25. The summed E-state index contributed by atoms with van der Waals surface area (Å²) in [5, 5.41) is 19.9. The van der Waals surface area contributed by atoms with Crippen molar-refractivity contribution >= 4 is 44.4 Å². The molecule has 0 saturated carbocycles. The van der Waals surface area contributed by atoms with Crippen molar-refractivity contribution in [3.8, 4) is 11.5 Å². The summed E-state index contributed by atoms with van der Waals surface area (Å²) < 4.78 is 18.3.